The molecule has 1 saturated heterocycles. The number of sulfonamides is 1. The summed E-state index contributed by atoms with van der Waals surface area (Å²) in [7, 11) is -4.44. The second-order valence-corrected chi connectivity index (χ2v) is 10.9. The summed E-state index contributed by atoms with van der Waals surface area (Å²) >= 11 is 7.43. The summed E-state index contributed by atoms with van der Waals surface area (Å²) in [6, 6.07) is 12.0. The highest BCUT2D eigenvalue weighted by molar-refractivity contribution is 7.93. The van der Waals surface area contributed by atoms with Gasteiger partial charge in [0.05, 0.1) is 10.5 Å². The van der Waals surface area contributed by atoms with Gasteiger partial charge in [0.1, 0.15) is 10.7 Å². The van der Waals surface area contributed by atoms with Crippen LogP contribution in [0.15, 0.2) is 58.4 Å². The minimum Gasteiger partial charge on any atom is -0.464 e. The second kappa shape index (κ2) is 10.3. The van der Waals surface area contributed by atoms with Crippen LogP contribution in [-0.4, -0.2) is 53.6 Å². The summed E-state index contributed by atoms with van der Waals surface area (Å²) in [5.41, 5.74) is 2.63. The summed E-state index contributed by atoms with van der Waals surface area (Å²) in [5.74, 6) is 0.165. The molecule has 0 spiro atoms. The molecule has 2 N–H and O–H groups in total. The van der Waals surface area contributed by atoms with E-state index in [1.807, 2.05) is 18.2 Å². The first kappa shape index (κ1) is 24.4. The second-order valence-electron chi connectivity index (χ2n) is 7.94. The Morgan fingerprint density at radius 3 is 2.56 bits per heavy atom. The average Bonchev–Trinajstić information content (AvgIpc) is 3.34. The molecule has 9 nitrogen and oxygen atoms in total. The Bertz CT molecular complexity index is 1230. The Hall–Kier alpha value is -2.73. The number of benzene rings is 1. The highest BCUT2D eigenvalue weighted by atomic mass is 35.5. The van der Waals surface area contributed by atoms with Crippen LogP contribution < -0.4 is 9.62 Å². The number of carboxylic acid groups (broad SMARTS) is 1. The average molecular weight is 522 g/mol. The molecule has 0 bridgehead atoms. The Labute approximate surface area is 207 Å². The van der Waals surface area contributed by atoms with Crippen molar-refractivity contribution in [2.24, 2.45) is 0 Å². The van der Waals surface area contributed by atoms with Gasteiger partial charge in [0.15, 0.2) is 5.82 Å². The van der Waals surface area contributed by atoms with Crippen LogP contribution in [0.2, 0.25) is 5.02 Å². The number of anilines is 2. The molecule has 1 aliphatic heterocycles. The molecule has 180 valence electrons. The van der Waals surface area contributed by atoms with Crippen LogP contribution >= 0.6 is 22.9 Å². The zero-order valence-electron chi connectivity index (χ0n) is 18.3. The zero-order valence-corrected chi connectivity index (χ0v) is 20.7. The van der Waals surface area contributed by atoms with Gasteiger partial charge in [-0.3, -0.25) is 4.90 Å². The first-order valence-corrected chi connectivity index (χ1v) is 13.4. The number of rotatable bonds is 7. The number of piperidine rings is 1. The fraction of sp³-hybridized carbons (Fsp3) is 0.318. The molecule has 1 fully saturated rings. The molecule has 1 aliphatic rings. The molecule has 0 radical (unpaired) electrons. The molecule has 1 atom stereocenters. The van der Waals surface area contributed by atoms with E-state index in [-0.39, 0.29) is 26.1 Å². The third-order valence-electron chi connectivity index (χ3n) is 5.86. The van der Waals surface area contributed by atoms with Gasteiger partial charge in [-0.1, -0.05) is 41.9 Å². The third kappa shape index (κ3) is 5.17. The topological polar surface area (TPSA) is 116 Å². The number of aromatic nitrogens is 2. The molecular weight excluding hydrogens is 498 g/mol. The van der Waals surface area contributed by atoms with Gasteiger partial charge in [0.2, 0.25) is 0 Å². The lowest BCUT2D eigenvalue weighted by molar-refractivity contribution is 0.167. The molecule has 0 aliphatic carbocycles. The van der Waals surface area contributed by atoms with Gasteiger partial charge in [0, 0.05) is 36.8 Å². The maximum Gasteiger partial charge on any atom is 0.427 e. The van der Waals surface area contributed by atoms with Gasteiger partial charge in [-0.2, -0.15) is 0 Å². The molecule has 3 aromatic rings. The Kier molecular flexibility index (Phi) is 7.36. The van der Waals surface area contributed by atoms with Crippen LogP contribution in [0.3, 0.4) is 0 Å². The van der Waals surface area contributed by atoms with E-state index in [1.54, 1.807) is 0 Å². The molecule has 1 amide bonds. The number of amides is 1. The van der Waals surface area contributed by atoms with E-state index >= 15 is 0 Å². The van der Waals surface area contributed by atoms with E-state index < -0.39 is 16.1 Å². The number of nitrogens with zero attached hydrogens (tertiary/aromatic N) is 4. The summed E-state index contributed by atoms with van der Waals surface area (Å²) in [5, 5.41) is 14.2. The first-order valence-electron chi connectivity index (χ1n) is 10.6. The fourth-order valence-electron chi connectivity index (χ4n) is 3.97. The minimum atomic E-state index is -4.44. The van der Waals surface area contributed by atoms with Crippen molar-refractivity contribution in [3.05, 3.63) is 64.1 Å². The molecule has 34 heavy (non-hydrogen) atoms. The zero-order chi connectivity index (χ0) is 24.3. The van der Waals surface area contributed by atoms with Crippen molar-refractivity contribution in [2.75, 3.05) is 22.7 Å². The van der Waals surface area contributed by atoms with E-state index in [0.717, 1.165) is 43.5 Å². The third-order valence-corrected chi connectivity index (χ3v) is 8.36. The van der Waals surface area contributed by atoms with Crippen molar-refractivity contribution in [3.63, 3.8) is 0 Å². The van der Waals surface area contributed by atoms with Gasteiger partial charge < -0.3 is 10.4 Å². The molecule has 3 heterocycles. The number of likely N-dealkylation sites (tertiary alicyclic amines) is 1. The lowest BCUT2D eigenvalue weighted by atomic mass is 10.00. The van der Waals surface area contributed by atoms with E-state index in [4.69, 9.17) is 11.6 Å². The summed E-state index contributed by atoms with van der Waals surface area (Å²) in [6.07, 6.45) is 1.21. The molecule has 1 aromatic carbocycles. The number of pyridine rings is 1. The monoisotopic (exact) mass is 521 g/mol. The number of carbonyl (C=O) groups is 1. The van der Waals surface area contributed by atoms with Crippen molar-refractivity contribution in [2.45, 2.75) is 36.7 Å². The number of hydrogen-bond donors (Lipinski definition) is 2. The minimum absolute atomic E-state index is 0.102. The largest absolute Gasteiger partial charge is 0.464 e. The molecule has 12 heteroatoms. The Balaban J connectivity index is 1.43. The van der Waals surface area contributed by atoms with Crippen LogP contribution in [0.4, 0.5) is 16.4 Å². The summed E-state index contributed by atoms with van der Waals surface area (Å²) < 4.78 is 26.1. The van der Waals surface area contributed by atoms with Crippen LogP contribution in [-0.2, 0) is 10.0 Å². The highest BCUT2D eigenvalue weighted by Crippen LogP contribution is 2.30. The molecule has 2 aromatic heterocycles. The number of halogens is 1. The molecule has 0 saturated carbocycles. The summed E-state index contributed by atoms with van der Waals surface area (Å²) in [4.78, 5) is 21.7. The van der Waals surface area contributed by atoms with Crippen LogP contribution in [0.5, 0.6) is 0 Å². The fourth-order valence-corrected chi connectivity index (χ4v) is 6.06. The van der Waals surface area contributed by atoms with E-state index in [1.165, 1.54) is 22.5 Å². The SMILES string of the molecule is C[C@H](c1ccccc1)N1CCC(Nc2ncc(S(=O)(=O)N(C(=O)O)c3cscn3)cc2Cl)CC1. The first-order chi connectivity index (χ1) is 16.3. The van der Waals surface area contributed by atoms with Gasteiger partial charge in [0.25, 0.3) is 10.0 Å². The summed E-state index contributed by atoms with van der Waals surface area (Å²) in [6.45, 7) is 4.00. The Morgan fingerprint density at radius 1 is 1.26 bits per heavy atom. The molecular formula is C22H24ClN5O4S2. The van der Waals surface area contributed by atoms with Crippen LogP contribution in [0.25, 0.3) is 0 Å². The van der Waals surface area contributed by atoms with Crippen molar-refractivity contribution in [1.82, 2.24) is 14.9 Å². The maximum atomic E-state index is 12.9. The van der Waals surface area contributed by atoms with Gasteiger partial charge in [-0.05, 0) is 31.4 Å². The van der Waals surface area contributed by atoms with Crippen molar-refractivity contribution in [3.8, 4) is 0 Å². The van der Waals surface area contributed by atoms with E-state index in [0.29, 0.717) is 11.9 Å². The van der Waals surface area contributed by atoms with Gasteiger partial charge in [-0.25, -0.2) is 23.2 Å². The normalized spacial score (nSPS) is 16.2. The lowest BCUT2D eigenvalue weighted by Crippen LogP contribution is -2.40. The van der Waals surface area contributed by atoms with Gasteiger partial charge in [-0.15, -0.1) is 15.6 Å². The number of hydrogen-bond acceptors (Lipinski definition) is 8. The van der Waals surface area contributed by atoms with E-state index in [9.17, 15) is 18.3 Å². The maximum absolute atomic E-state index is 12.9. The molecule has 4 rings (SSSR count). The molecule has 0 unspecified atom stereocenters. The number of thiazole rings is 1. The Morgan fingerprint density at radius 2 is 1.97 bits per heavy atom. The van der Waals surface area contributed by atoms with Crippen molar-refractivity contribution < 1.29 is 18.3 Å². The van der Waals surface area contributed by atoms with Crippen LogP contribution in [0, 0.1) is 0 Å². The van der Waals surface area contributed by atoms with Gasteiger partial charge >= 0.3 is 6.09 Å². The van der Waals surface area contributed by atoms with Crippen molar-refractivity contribution >= 4 is 50.7 Å². The predicted octanol–water partition coefficient (Wildman–Crippen LogP) is 4.70. The highest BCUT2D eigenvalue weighted by Gasteiger charge is 2.33. The van der Waals surface area contributed by atoms with E-state index in [2.05, 4.69) is 39.2 Å². The number of nitrogens with one attached hydrogen (secondary N) is 1. The predicted molar refractivity (Wildman–Crippen MR) is 132 cm³/mol. The van der Waals surface area contributed by atoms with Crippen LogP contribution in [0.1, 0.15) is 31.4 Å². The quantitative estimate of drug-likeness (QED) is 0.459. The van der Waals surface area contributed by atoms with Crippen molar-refractivity contribution in [1.29, 1.82) is 0 Å². The standard InChI is InChI=1S/C22H24ClN5O4S2/c1-15(16-5-3-2-4-6-16)27-9-7-17(8-10-27)26-21-19(23)11-18(12-24-21)34(31,32)28(22(29)30)20-13-33-14-25-20/h2-6,11-15,17H,7-10H2,1H3,(H,24,26)(H,29,30)/t15-/m1/s1. The smallest absolute Gasteiger partial charge is 0.427 e. The lowest BCUT2D eigenvalue weighted by Gasteiger charge is -2.36.